The van der Waals surface area contributed by atoms with Crippen LogP contribution in [-0.2, 0) is 11.2 Å². The molecule has 1 aliphatic rings. The van der Waals surface area contributed by atoms with E-state index in [4.69, 9.17) is 13.9 Å². The van der Waals surface area contributed by atoms with Gasteiger partial charge >= 0.3 is 0 Å². The van der Waals surface area contributed by atoms with Crippen LogP contribution < -0.4 is 14.8 Å². The van der Waals surface area contributed by atoms with E-state index in [1.165, 1.54) is 11.1 Å². The van der Waals surface area contributed by atoms with Gasteiger partial charge in [0.1, 0.15) is 18.3 Å². The molecule has 0 unspecified atom stereocenters. The van der Waals surface area contributed by atoms with Crippen molar-refractivity contribution in [2.45, 2.75) is 26.4 Å². The maximum Gasteiger partial charge on any atom is 0.224 e. The van der Waals surface area contributed by atoms with E-state index in [0.29, 0.717) is 18.9 Å². The number of furan rings is 1. The van der Waals surface area contributed by atoms with Crippen LogP contribution in [0.5, 0.6) is 11.5 Å². The lowest BCUT2D eigenvalue weighted by molar-refractivity contribution is -0.120. The number of fused-ring (bicyclic) bond motifs is 2. The summed E-state index contributed by atoms with van der Waals surface area (Å²) in [7, 11) is 0. The zero-order valence-corrected chi connectivity index (χ0v) is 14.9. The number of hydrogen-bond donors (Lipinski definition) is 1. The highest BCUT2D eigenvalue weighted by Gasteiger charge is 2.21. The minimum atomic E-state index is -0.195. The number of aryl methyl sites for hydroxylation is 2. The first kappa shape index (κ1) is 16.5. The molecule has 26 heavy (non-hydrogen) atoms. The van der Waals surface area contributed by atoms with Crippen LogP contribution in [0.4, 0.5) is 0 Å². The second-order valence-electron chi connectivity index (χ2n) is 6.67. The molecule has 0 fully saturated rings. The summed E-state index contributed by atoms with van der Waals surface area (Å²) >= 11 is 0. The van der Waals surface area contributed by atoms with Gasteiger partial charge in [0, 0.05) is 10.9 Å². The predicted octanol–water partition coefficient (Wildman–Crippen LogP) is 3.55. The molecule has 0 saturated carbocycles. The van der Waals surface area contributed by atoms with Crippen LogP contribution in [0, 0.1) is 13.8 Å². The summed E-state index contributed by atoms with van der Waals surface area (Å²) in [6.45, 7) is 4.93. The fraction of sp³-hybridized carbons (Fsp3) is 0.286. The smallest absolute Gasteiger partial charge is 0.224 e. The summed E-state index contributed by atoms with van der Waals surface area (Å²) in [5, 5.41) is 3.92. The van der Waals surface area contributed by atoms with Crippen LogP contribution in [0.25, 0.3) is 11.0 Å². The molecule has 5 heteroatoms. The van der Waals surface area contributed by atoms with Gasteiger partial charge in [0.25, 0.3) is 0 Å². The minimum Gasteiger partial charge on any atom is -0.486 e. The van der Waals surface area contributed by atoms with Gasteiger partial charge in [-0.3, -0.25) is 4.79 Å². The zero-order valence-electron chi connectivity index (χ0n) is 14.9. The lowest BCUT2D eigenvalue weighted by Gasteiger charge is -2.26. The van der Waals surface area contributed by atoms with E-state index in [1.54, 1.807) is 6.26 Å². The molecule has 1 amide bonds. The van der Waals surface area contributed by atoms with Gasteiger partial charge in [-0.25, -0.2) is 0 Å². The molecule has 3 aromatic rings. The molecule has 0 radical (unpaired) electrons. The van der Waals surface area contributed by atoms with Crippen LogP contribution in [-0.4, -0.2) is 25.2 Å². The number of carbonyl (C=O) groups is 1. The molecule has 2 heterocycles. The molecule has 5 nitrogen and oxygen atoms in total. The Hall–Kier alpha value is -2.95. The normalized spacial score (nSPS) is 15.8. The molecule has 1 atom stereocenters. The summed E-state index contributed by atoms with van der Waals surface area (Å²) in [4.78, 5) is 12.3. The van der Waals surface area contributed by atoms with Gasteiger partial charge in [0.15, 0.2) is 11.5 Å². The topological polar surface area (TPSA) is 60.7 Å². The van der Waals surface area contributed by atoms with Crippen LogP contribution >= 0.6 is 0 Å². The van der Waals surface area contributed by atoms with E-state index in [-0.39, 0.29) is 18.4 Å². The first-order valence-electron chi connectivity index (χ1n) is 8.72. The quantitative estimate of drug-likeness (QED) is 0.781. The molecular formula is C21H21NO4. The second-order valence-corrected chi connectivity index (χ2v) is 6.67. The molecule has 0 spiro atoms. The standard InChI is InChI=1S/C21H21NO4/c1-13-7-17-15(11-24-20(17)8-14(13)2)9-21(23)22-10-16-12-25-18-5-3-4-6-19(18)26-16/h3-8,11,16H,9-10,12H2,1-2H3,(H,22,23)/t16-/m1/s1. The summed E-state index contributed by atoms with van der Waals surface area (Å²) < 4.78 is 17.1. The minimum absolute atomic E-state index is 0.0617. The molecule has 1 aliphatic heterocycles. The number of rotatable bonds is 4. The van der Waals surface area contributed by atoms with E-state index in [9.17, 15) is 4.79 Å². The monoisotopic (exact) mass is 351 g/mol. The van der Waals surface area contributed by atoms with Crippen molar-refractivity contribution in [3.05, 3.63) is 59.4 Å². The van der Waals surface area contributed by atoms with Gasteiger partial charge in [-0.1, -0.05) is 12.1 Å². The Kier molecular flexibility index (Phi) is 4.29. The van der Waals surface area contributed by atoms with Gasteiger partial charge in [0.05, 0.1) is 19.2 Å². The van der Waals surface area contributed by atoms with Gasteiger partial charge in [-0.15, -0.1) is 0 Å². The van der Waals surface area contributed by atoms with Gasteiger partial charge in [0.2, 0.25) is 5.91 Å². The van der Waals surface area contributed by atoms with Crippen molar-refractivity contribution in [2.24, 2.45) is 0 Å². The Morgan fingerprint density at radius 1 is 1.15 bits per heavy atom. The Bertz CT molecular complexity index is 960. The summed E-state index contributed by atoms with van der Waals surface area (Å²) in [5.41, 5.74) is 4.08. The van der Waals surface area contributed by atoms with Crippen molar-refractivity contribution >= 4 is 16.9 Å². The molecule has 134 valence electrons. The number of para-hydroxylation sites is 2. The Labute approximate surface area is 151 Å². The molecule has 2 aromatic carbocycles. The average molecular weight is 351 g/mol. The first-order chi connectivity index (χ1) is 12.6. The molecule has 4 rings (SSSR count). The largest absolute Gasteiger partial charge is 0.486 e. The first-order valence-corrected chi connectivity index (χ1v) is 8.72. The molecule has 1 aromatic heterocycles. The Morgan fingerprint density at radius 2 is 1.92 bits per heavy atom. The number of ether oxygens (including phenoxy) is 2. The number of hydrogen-bond acceptors (Lipinski definition) is 4. The molecule has 0 bridgehead atoms. The van der Waals surface area contributed by atoms with Crippen LogP contribution in [0.1, 0.15) is 16.7 Å². The van der Waals surface area contributed by atoms with Crippen molar-refractivity contribution in [1.82, 2.24) is 5.32 Å². The molecule has 0 saturated heterocycles. The van der Waals surface area contributed by atoms with Crippen molar-refractivity contribution in [2.75, 3.05) is 13.2 Å². The van der Waals surface area contributed by atoms with Crippen LogP contribution in [0.2, 0.25) is 0 Å². The maximum absolute atomic E-state index is 12.3. The summed E-state index contributed by atoms with van der Waals surface area (Å²) in [5.74, 6) is 1.39. The summed E-state index contributed by atoms with van der Waals surface area (Å²) in [6, 6.07) is 11.6. The summed E-state index contributed by atoms with van der Waals surface area (Å²) in [6.07, 6.45) is 1.75. The van der Waals surface area contributed by atoms with Gasteiger partial charge in [-0.2, -0.15) is 0 Å². The number of nitrogens with one attached hydrogen (secondary N) is 1. The Balaban J connectivity index is 1.37. The van der Waals surface area contributed by atoms with Crippen molar-refractivity contribution in [3.63, 3.8) is 0 Å². The van der Waals surface area contributed by atoms with Crippen molar-refractivity contribution < 1.29 is 18.7 Å². The van der Waals surface area contributed by atoms with Crippen molar-refractivity contribution in [3.8, 4) is 11.5 Å². The maximum atomic E-state index is 12.3. The van der Waals surface area contributed by atoms with E-state index < -0.39 is 0 Å². The van der Waals surface area contributed by atoms with Crippen molar-refractivity contribution in [1.29, 1.82) is 0 Å². The highest BCUT2D eigenvalue weighted by molar-refractivity contribution is 5.88. The van der Waals surface area contributed by atoms with E-state index in [2.05, 4.69) is 18.3 Å². The second kappa shape index (κ2) is 6.75. The van der Waals surface area contributed by atoms with E-state index >= 15 is 0 Å². The van der Waals surface area contributed by atoms with Gasteiger partial charge < -0.3 is 19.2 Å². The third-order valence-electron chi connectivity index (χ3n) is 4.72. The fourth-order valence-corrected chi connectivity index (χ4v) is 3.10. The van der Waals surface area contributed by atoms with Gasteiger partial charge in [-0.05, 0) is 49.2 Å². The van der Waals surface area contributed by atoms with Crippen LogP contribution in [0.15, 0.2) is 47.1 Å². The van der Waals surface area contributed by atoms with E-state index in [0.717, 1.165) is 22.3 Å². The molecular weight excluding hydrogens is 330 g/mol. The molecule has 1 N–H and O–H groups in total. The Morgan fingerprint density at radius 3 is 2.77 bits per heavy atom. The third-order valence-corrected chi connectivity index (χ3v) is 4.72. The molecule has 0 aliphatic carbocycles. The highest BCUT2D eigenvalue weighted by atomic mass is 16.6. The lowest BCUT2D eigenvalue weighted by Crippen LogP contribution is -2.41. The highest BCUT2D eigenvalue weighted by Crippen LogP contribution is 2.30. The number of benzene rings is 2. The fourth-order valence-electron chi connectivity index (χ4n) is 3.10. The predicted molar refractivity (Wildman–Crippen MR) is 98.8 cm³/mol. The third kappa shape index (κ3) is 3.25. The number of amides is 1. The zero-order chi connectivity index (χ0) is 18.1. The number of carbonyl (C=O) groups excluding carboxylic acids is 1. The lowest BCUT2D eigenvalue weighted by atomic mass is 10.0. The average Bonchev–Trinajstić information content (AvgIpc) is 3.02. The van der Waals surface area contributed by atoms with E-state index in [1.807, 2.05) is 37.3 Å². The SMILES string of the molecule is Cc1cc2occ(CC(=O)NC[C@@H]3COc4ccccc4O3)c2cc1C. The van der Waals surface area contributed by atoms with Crippen LogP contribution in [0.3, 0.4) is 0 Å².